The summed E-state index contributed by atoms with van der Waals surface area (Å²) in [6.45, 7) is 11.8. The Kier molecular flexibility index (Phi) is 17.7. The number of aromatic nitrogens is 4. The van der Waals surface area contributed by atoms with Crippen LogP contribution in [0.25, 0.3) is 22.3 Å². The van der Waals surface area contributed by atoms with Crippen LogP contribution >= 0.6 is 0 Å². The maximum Gasteiger partial charge on any atom is 0.343 e. The lowest BCUT2D eigenvalue weighted by Gasteiger charge is -2.31. The molecule has 0 bridgehead atoms. The number of pyridine rings is 2. The van der Waals surface area contributed by atoms with E-state index in [9.17, 15) is 42.3 Å². The van der Waals surface area contributed by atoms with Crippen molar-refractivity contribution in [1.29, 1.82) is 0 Å². The molecule has 21 nitrogen and oxygen atoms in total. The number of fused-ring (bicyclic) bond motifs is 6. The van der Waals surface area contributed by atoms with Gasteiger partial charge in [0, 0.05) is 60.6 Å². The van der Waals surface area contributed by atoms with Crippen LogP contribution in [0.15, 0.2) is 40.5 Å². The Hall–Kier alpha value is -6.96. The maximum absolute atomic E-state index is 14.0. The van der Waals surface area contributed by atoms with Crippen molar-refractivity contribution < 1.29 is 51.7 Å². The summed E-state index contributed by atoms with van der Waals surface area (Å²) < 4.78 is 41.4. The standard InChI is InChI=1S/C52H65N9O12S/c1-7-52(68)37-23-40-46-35(28-61(40)49(66)36(37)29-71-50(52)67)33(34-22-41-42(73-30-72-41)24-39(34)57-46)17-15-20-53-44(63)27-54-47(64)38(18-13-14-21-60(8-2)9-3)58-48(65)45(31(4)5)59-43(62)19-12-10-11-16-32-25-55-51(56-26-32)74(6,69)70/h22-26,31,38,45,68H,7-10,12-15,17-21,27-30H2,1-6H3,(H,53,63)(H,54,64)(H,58,65)(H,59,62)/t38-,45-,52-/m0/s1. The number of sulfone groups is 1. The quantitative estimate of drug-likeness (QED) is 0.0272. The number of unbranched alkanes of at least 4 members (excludes halogenated alkanes) is 2. The van der Waals surface area contributed by atoms with Gasteiger partial charge in [-0.1, -0.05) is 46.5 Å². The monoisotopic (exact) mass is 1040 g/mol. The Labute approximate surface area is 429 Å². The maximum atomic E-state index is 14.0. The molecule has 396 valence electrons. The fourth-order valence-electron chi connectivity index (χ4n) is 9.29. The normalized spacial score (nSPS) is 16.1. The molecule has 22 heteroatoms. The van der Waals surface area contributed by atoms with Gasteiger partial charge in [-0.15, -0.1) is 0 Å². The van der Waals surface area contributed by atoms with Crippen LogP contribution in [0.3, 0.4) is 0 Å². The summed E-state index contributed by atoms with van der Waals surface area (Å²) in [5.74, 6) is 3.81. The van der Waals surface area contributed by atoms with Crippen LogP contribution in [-0.2, 0) is 63.7 Å². The number of nitrogens with one attached hydrogen (secondary N) is 4. The number of aliphatic hydroxyl groups is 1. The molecule has 74 heavy (non-hydrogen) atoms. The Morgan fingerprint density at radius 2 is 1.64 bits per heavy atom. The van der Waals surface area contributed by atoms with E-state index in [0.29, 0.717) is 72.5 Å². The molecule has 3 aromatic heterocycles. The molecule has 0 saturated carbocycles. The molecule has 4 aromatic rings. The second-order valence-electron chi connectivity index (χ2n) is 19.0. The van der Waals surface area contributed by atoms with Crippen LogP contribution in [0.5, 0.6) is 11.5 Å². The lowest BCUT2D eigenvalue weighted by Crippen LogP contribution is -2.56. The number of esters is 1. The number of carbonyl (C=O) groups excluding carboxylic acids is 5. The molecule has 1 aromatic carbocycles. The average molecular weight is 1040 g/mol. The van der Waals surface area contributed by atoms with Crippen LogP contribution in [-0.4, -0.2) is 125 Å². The van der Waals surface area contributed by atoms with E-state index in [1.165, 1.54) is 12.4 Å². The van der Waals surface area contributed by atoms with E-state index in [4.69, 9.17) is 19.2 Å². The minimum atomic E-state index is -3.54. The number of benzene rings is 1. The van der Waals surface area contributed by atoms with E-state index >= 15 is 0 Å². The van der Waals surface area contributed by atoms with Crippen molar-refractivity contribution in [2.24, 2.45) is 5.92 Å². The minimum absolute atomic E-state index is 0.00786. The molecule has 0 aliphatic carbocycles. The van der Waals surface area contributed by atoms with Crippen molar-refractivity contribution >= 4 is 50.3 Å². The SMILES string of the molecule is CCN(CC)CCCC[C@H](NC(=O)[C@@H](NC(=O)CCCC#Cc1cnc(S(C)(=O)=O)nc1)C(C)C)C(=O)NCC(=O)NCCCc1c2c(nc3cc4c(cc13)OCO4)-c1cc3c(c(=O)n1C2)COC(=O)[C@]3(O)CC. The van der Waals surface area contributed by atoms with E-state index in [1.54, 1.807) is 37.5 Å². The topological polar surface area (TPSA) is 279 Å². The number of hydrogen-bond acceptors (Lipinski definition) is 16. The fraction of sp³-hybridized carbons (Fsp3) is 0.519. The van der Waals surface area contributed by atoms with Gasteiger partial charge in [0.05, 0.1) is 41.1 Å². The second kappa shape index (κ2) is 23.9. The van der Waals surface area contributed by atoms with Crippen molar-refractivity contribution in [2.45, 2.75) is 128 Å². The van der Waals surface area contributed by atoms with E-state index < -0.39 is 51.2 Å². The highest BCUT2D eigenvalue weighted by Gasteiger charge is 2.45. The first-order chi connectivity index (χ1) is 35.4. The van der Waals surface area contributed by atoms with Crippen LogP contribution in [0.1, 0.15) is 114 Å². The van der Waals surface area contributed by atoms with Crippen molar-refractivity contribution in [2.75, 3.05) is 45.8 Å². The lowest BCUT2D eigenvalue weighted by atomic mass is 9.86. The number of hydrogen-bond donors (Lipinski definition) is 5. The summed E-state index contributed by atoms with van der Waals surface area (Å²) in [5, 5.41) is 23.1. The third kappa shape index (κ3) is 12.5. The first-order valence-electron chi connectivity index (χ1n) is 25.2. The van der Waals surface area contributed by atoms with Gasteiger partial charge in [0.1, 0.15) is 18.7 Å². The number of carbonyl (C=O) groups is 5. The Morgan fingerprint density at radius 1 is 0.905 bits per heavy atom. The molecule has 0 unspecified atom stereocenters. The van der Waals surface area contributed by atoms with Gasteiger partial charge in [0.2, 0.25) is 45.4 Å². The van der Waals surface area contributed by atoms with Crippen LogP contribution in [0.2, 0.25) is 0 Å². The molecule has 3 atom stereocenters. The molecule has 3 aliphatic heterocycles. The van der Waals surface area contributed by atoms with E-state index in [0.717, 1.165) is 48.8 Å². The van der Waals surface area contributed by atoms with E-state index in [1.807, 2.05) is 6.07 Å². The number of rotatable bonds is 23. The number of nitrogens with zero attached hydrogens (tertiary/aromatic N) is 5. The smallest absolute Gasteiger partial charge is 0.343 e. The zero-order valence-corrected chi connectivity index (χ0v) is 43.5. The number of amides is 4. The highest BCUT2D eigenvalue weighted by atomic mass is 32.2. The zero-order valence-electron chi connectivity index (χ0n) is 42.7. The molecule has 0 radical (unpaired) electrons. The number of aryl methyl sites for hydroxylation is 1. The Bertz CT molecular complexity index is 3040. The molecule has 0 fully saturated rings. The lowest BCUT2D eigenvalue weighted by molar-refractivity contribution is -0.172. The van der Waals surface area contributed by atoms with Gasteiger partial charge in [0.25, 0.3) is 5.56 Å². The predicted octanol–water partition coefficient (Wildman–Crippen LogP) is 2.53. The highest BCUT2D eigenvalue weighted by molar-refractivity contribution is 7.90. The molecule has 4 amide bonds. The van der Waals surface area contributed by atoms with Gasteiger partial charge in [0.15, 0.2) is 17.1 Å². The molecule has 0 spiro atoms. The fourth-order valence-corrected chi connectivity index (χ4v) is 9.78. The van der Waals surface area contributed by atoms with Gasteiger partial charge in [-0.05, 0) is 88.2 Å². The summed E-state index contributed by atoms with van der Waals surface area (Å²) in [4.78, 5) is 95.5. The summed E-state index contributed by atoms with van der Waals surface area (Å²) in [6, 6.07) is 3.36. The molecular formula is C52H65N9O12S. The van der Waals surface area contributed by atoms with Crippen molar-refractivity contribution in [3.63, 3.8) is 0 Å². The average Bonchev–Trinajstić information content (AvgIpc) is 4.00. The summed E-state index contributed by atoms with van der Waals surface area (Å²) >= 11 is 0. The van der Waals surface area contributed by atoms with Crippen LogP contribution in [0, 0.1) is 17.8 Å². The minimum Gasteiger partial charge on any atom is -0.458 e. The van der Waals surface area contributed by atoms with Gasteiger partial charge in [-0.3, -0.25) is 24.0 Å². The van der Waals surface area contributed by atoms with Gasteiger partial charge >= 0.3 is 5.97 Å². The van der Waals surface area contributed by atoms with E-state index in [2.05, 4.69) is 61.8 Å². The summed E-state index contributed by atoms with van der Waals surface area (Å²) in [5.41, 5.74) is 1.71. The zero-order chi connectivity index (χ0) is 53.3. The predicted molar refractivity (Wildman–Crippen MR) is 271 cm³/mol. The van der Waals surface area contributed by atoms with E-state index in [-0.39, 0.29) is 79.5 Å². The van der Waals surface area contributed by atoms with Gasteiger partial charge in [-0.25, -0.2) is 28.2 Å². The first kappa shape index (κ1) is 54.8. The third-order valence-electron chi connectivity index (χ3n) is 13.6. The van der Waals surface area contributed by atoms with Crippen molar-refractivity contribution in [1.82, 2.24) is 45.7 Å². The number of cyclic esters (lactones) is 1. The van der Waals surface area contributed by atoms with Crippen molar-refractivity contribution in [3.8, 4) is 34.7 Å². The Morgan fingerprint density at radius 3 is 2.32 bits per heavy atom. The van der Waals surface area contributed by atoms with Crippen molar-refractivity contribution in [3.05, 3.63) is 68.8 Å². The molecule has 3 aliphatic rings. The summed E-state index contributed by atoms with van der Waals surface area (Å²) in [6.07, 6.45) is 7.04. The highest BCUT2D eigenvalue weighted by Crippen LogP contribution is 2.43. The Balaban J connectivity index is 0.963. The number of ether oxygens (including phenoxy) is 3. The first-order valence-corrected chi connectivity index (χ1v) is 27.1. The third-order valence-corrected chi connectivity index (χ3v) is 14.4. The molecule has 6 heterocycles. The van der Waals surface area contributed by atoms with Gasteiger partial charge < -0.3 is 50.1 Å². The molecule has 7 rings (SSSR count). The molecule has 5 N–H and O–H groups in total. The van der Waals surface area contributed by atoms with Crippen LogP contribution in [0.4, 0.5) is 0 Å². The molecular weight excluding hydrogens is 975 g/mol. The second-order valence-corrected chi connectivity index (χ2v) is 20.9. The van der Waals surface area contributed by atoms with Crippen LogP contribution < -0.4 is 36.3 Å². The molecule has 0 saturated heterocycles. The summed E-state index contributed by atoms with van der Waals surface area (Å²) in [7, 11) is -3.54. The largest absolute Gasteiger partial charge is 0.458 e. The van der Waals surface area contributed by atoms with Gasteiger partial charge in [-0.2, -0.15) is 0 Å².